The van der Waals surface area contributed by atoms with Crippen molar-refractivity contribution in [3.05, 3.63) is 47.2 Å². The molecule has 0 atom stereocenters. The van der Waals surface area contributed by atoms with E-state index >= 15 is 0 Å². The summed E-state index contributed by atoms with van der Waals surface area (Å²) in [5, 5.41) is 0. The van der Waals surface area contributed by atoms with E-state index in [2.05, 4.69) is 37.9 Å². The van der Waals surface area contributed by atoms with Gasteiger partial charge in [-0.2, -0.15) is 0 Å². The summed E-state index contributed by atoms with van der Waals surface area (Å²) >= 11 is 0. The summed E-state index contributed by atoms with van der Waals surface area (Å²) in [5.41, 5.74) is 2.29. The summed E-state index contributed by atoms with van der Waals surface area (Å²) < 4.78 is 5.77. The summed E-state index contributed by atoms with van der Waals surface area (Å²) in [6.07, 6.45) is 0.759. The van der Waals surface area contributed by atoms with Crippen LogP contribution in [0.3, 0.4) is 0 Å². The van der Waals surface area contributed by atoms with E-state index in [1.165, 1.54) is 11.1 Å². The Bertz CT molecular complexity index is 469. The Morgan fingerprint density at radius 2 is 1.76 bits per heavy atom. The Morgan fingerprint density at radius 1 is 1.12 bits per heavy atom. The highest BCUT2D eigenvalue weighted by Gasteiger charge is 2.27. The van der Waals surface area contributed by atoms with Crippen molar-refractivity contribution in [3.8, 4) is 0 Å². The van der Waals surface area contributed by atoms with Crippen molar-refractivity contribution in [3.63, 3.8) is 0 Å². The van der Waals surface area contributed by atoms with Gasteiger partial charge in [-0.25, -0.2) is 4.99 Å². The van der Waals surface area contributed by atoms with Gasteiger partial charge in [-0.1, -0.05) is 30.3 Å². The van der Waals surface area contributed by atoms with Crippen LogP contribution >= 0.6 is 0 Å². The van der Waals surface area contributed by atoms with Crippen LogP contribution in [0.2, 0.25) is 0 Å². The average Bonchev–Trinajstić information content (AvgIpc) is 2.27. The lowest BCUT2D eigenvalue weighted by Crippen LogP contribution is -2.28. The van der Waals surface area contributed by atoms with E-state index in [1.54, 1.807) is 0 Å². The topological polar surface area (TPSA) is 21.6 Å². The summed E-state index contributed by atoms with van der Waals surface area (Å²) in [4.78, 5) is 4.68. The van der Waals surface area contributed by atoms with Crippen LogP contribution in [0.25, 0.3) is 0 Å². The minimum atomic E-state index is -0.146. The monoisotopic (exact) mass is 229 g/mol. The molecule has 0 aromatic heterocycles. The Balaban J connectivity index is 2.20. The largest absolute Gasteiger partial charge is 0.448 e. The van der Waals surface area contributed by atoms with E-state index in [0.717, 1.165) is 18.1 Å². The first-order valence-corrected chi connectivity index (χ1v) is 5.97. The first kappa shape index (κ1) is 11.9. The summed E-state index contributed by atoms with van der Waals surface area (Å²) in [6.45, 7) is 8.34. The lowest BCUT2D eigenvalue weighted by Gasteiger charge is -2.29. The molecule has 90 valence electrons. The molecule has 0 radical (unpaired) electrons. The second-order valence-corrected chi connectivity index (χ2v) is 5.01. The smallest absolute Gasteiger partial charge is 0.194 e. The van der Waals surface area contributed by atoms with E-state index in [-0.39, 0.29) is 5.54 Å². The summed E-state index contributed by atoms with van der Waals surface area (Å²) in [7, 11) is 0. The van der Waals surface area contributed by atoms with E-state index in [0.29, 0.717) is 0 Å². The van der Waals surface area contributed by atoms with Gasteiger partial charge in [0, 0.05) is 6.42 Å². The molecule has 2 rings (SSSR count). The van der Waals surface area contributed by atoms with E-state index in [4.69, 9.17) is 4.74 Å². The molecular weight excluding hydrogens is 210 g/mol. The molecule has 0 saturated carbocycles. The van der Waals surface area contributed by atoms with Gasteiger partial charge in [0.1, 0.15) is 5.76 Å². The lowest BCUT2D eigenvalue weighted by atomic mass is 9.94. The molecule has 0 amide bonds. The van der Waals surface area contributed by atoms with Gasteiger partial charge < -0.3 is 4.74 Å². The maximum atomic E-state index is 5.77. The molecule has 0 fully saturated rings. The van der Waals surface area contributed by atoms with Crippen LogP contribution in [-0.4, -0.2) is 11.4 Å². The highest BCUT2D eigenvalue weighted by Crippen LogP contribution is 2.29. The quantitative estimate of drug-likeness (QED) is 0.757. The molecule has 0 spiro atoms. The number of allylic oxidation sites excluding steroid dienone is 1. The highest BCUT2D eigenvalue weighted by atomic mass is 16.5. The lowest BCUT2D eigenvalue weighted by molar-refractivity contribution is 0.357. The van der Waals surface area contributed by atoms with E-state index in [1.807, 2.05) is 25.1 Å². The minimum absolute atomic E-state index is 0.146. The van der Waals surface area contributed by atoms with E-state index in [9.17, 15) is 0 Å². The fourth-order valence-corrected chi connectivity index (χ4v) is 1.95. The van der Waals surface area contributed by atoms with Gasteiger partial charge in [0.25, 0.3) is 0 Å². The normalized spacial score (nSPS) is 18.7. The van der Waals surface area contributed by atoms with Crippen molar-refractivity contribution >= 4 is 5.90 Å². The Labute approximate surface area is 103 Å². The van der Waals surface area contributed by atoms with Crippen molar-refractivity contribution < 1.29 is 4.74 Å². The molecule has 2 heteroatoms. The van der Waals surface area contributed by atoms with Crippen LogP contribution < -0.4 is 0 Å². The molecule has 0 aliphatic carbocycles. The molecule has 0 unspecified atom stereocenters. The fraction of sp³-hybridized carbons (Fsp3) is 0.400. The third kappa shape index (κ3) is 2.57. The second-order valence-electron chi connectivity index (χ2n) is 5.01. The van der Waals surface area contributed by atoms with Gasteiger partial charge in [-0.3, -0.25) is 0 Å². The molecule has 1 aliphatic heterocycles. The number of hydrogen-bond acceptors (Lipinski definition) is 2. The minimum Gasteiger partial charge on any atom is -0.448 e. The standard InChI is InChI=1S/C15H19NO/c1-11-12(2)17-14(16-15(11,3)4)10-13-8-6-5-7-9-13/h5-9H,10H2,1-4H3. The molecule has 1 heterocycles. The van der Waals surface area contributed by atoms with Gasteiger partial charge in [-0.05, 0) is 38.8 Å². The number of rotatable bonds is 2. The van der Waals surface area contributed by atoms with Crippen LogP contribution in [-0.2, 0) is 11.2 Å². The van der Waals surface area contributed by atoms with Crippen molar-refractivity contribution in [2.24, 2.45) is 4.99 Å². The third-order valence-corrected chi connectivity index (χ3v) is 3.32. The maximum Gasteiger partial charge on any atom is 0.194 e. The van der Waals surface area contributed by atoms with Gasteiger partial charge >= 0.3 is 0 Å². The average molecular weight is 229 g/mol. The van der Waals surface area contributed by atoms with Gasteiger partial charge in [0.05, 0.1) is 5.54 Å². The molecule has 2 nitrogen and oxygen atoms in total. The molecule has 1 aromatic carbocycles. The van der Waals surface area contributed by atoms with Gasteiger partial charge in [-0.15, -0.1) is 0 Å². The van der Waals surface area contributed by atoms with Crippen molar-refractivity contribution in [2.45, 2.75) is 39.7 Å². The van der Waals surface area contributed by atoms with Crippen LogP contribution in [0.5, 0.6) is 0 Å². The molecular formula is C15H19NO. The zero-order valence-electron chi connectivity index (χ0n) is 10.9. The Morgan fingerprint density at radius 3 is 2.35 bits per heavy atom. The van der Waals surface area contributed by atoms with Crippen LogP contribution in [0, 0.1) is 0 Å². The highest BCUT2D eigenvalue weighted by molar-refractivity contribution is 5.81. The SMILES string of the molecule is CC1=C(C)C(C)(C)N=C(Cc2ccccc2)O1. The molecule has 0 saturated heterocycles. The van der Waals surface area contributed by atoms with Crippen LogP contribution in [0.4, 0.5) is 0 Å². The third-order valence-electron chi connectivity index (χ3n) is 3.32. The predicted octanol–water partition coefficient (Wildman–Crippen LogP) is 3.73. The summed E-state index contributed by atoms with van der Waals surface area (Å²) in [6, 6.07) is 10.3. The van der Waals surface area contributed by atoms with Crippen molar-refractivity contribution in [1.29, 1.82) is 0 Å². The molecule has 17 heavy (non-hydrogen) atoms. The number of hydrogen-bond donors (Lipinski definition) is 0. The van der Waals surface area contributed by atoms with Gasteiger partial charge in [0.15, 0.2) is 5.90 Å². The first-order valence-electron chi connectivity index (χ1n) is 5.97. The Kier molecular flexibility index (Phi) is 3.05. The zero-order chi connectivity index (χ0) is 12.5. The van der Waals surface area contributed by atoms with Crippen molar-refractivity contribution in [1.82, 2.24) is 0 Å². The number of nitrogens with zero attached hydrogens (tertiary/aromatic N) is 1. The van der Waals surface area contributed by atoms with Gasteiger partial charge in [0.2, 0.25) is 0 Å². The van der Waals surface area contributed by atoms with Crippen molar-refractivity contribution in [2.75, 3.05) is 0 Å². The first-order chi connectivity index (χ1) is 7.99. The second kappa shape index (κ2) is 4.36. The maximum absolute atomic E-state index is 5.77. The fourth-order valence-electron chi connectivity index (χ4n) is 1.95. The van der Waals surface area contributed by atoms with Crippen LogP contribution in [0.15, 0.2) is 46.7 Å². The predicted molar refractivity (Wildman–Crippen MR) is 71.1 cm³/mol. The number of aliphatic imine (C=N–C) groups is 1. The molecule has 0 N–H and O–H groups in total. The molecule has 0 bridgehead atoms. The molecule has 1 aromatic rings. The molecule has 1 aliphatic rings. The van der Waals surface area contributed by atoms with Crippen LogP contribution in [0.1, 0.15) is 33.3 Å². The summed E-state index contributed by atoms with van der Waals surface area (Å²) in [5.74, 6) is 1.79. The van der Waals surface area contributed by atoms with E-state index < -0.39 is 0 Å². The zero-order valence-corrected chi connectivity index (χ0v) is 10.9. The number of benzene rings is 1. The Hall–Kier alpha value is -1.57. The number of ether oxygens (including phenoxy) is 1.